The molecule has 1 saturated heterocycles. The van der Waals surface area contributed by atoms with E-state index >= 15 is 0 Å². The van der Waals surface area contributed by atoms with Gasteiger partial charge in [0.05, 0.1) is 29.9 Å². The molecule has 0 spiro atoms. The number of aliphatic hydroxyl groups excluding tert-OH is 1. The fraction of sp³-hybridized carbons (Fsp3) is 0.360. The molecule has 3 aromatic heterocycles. The van der Waals surface area contributed by atoms with Gasteiger partial charge in [0.25, 0.3) is 0 Å². The third-order valence-corrected chi connectivity index (χ3v) is 7.33. The molecule has 0 amide bonds. The maximum atomic E-state index is 10.4. The van der Waals surface area contributed by atoms with Crippen LogP contribution in [0, 0.1) is 6.92 Å². The molecule has 0 saturated carbocycles. The van der Waals surface area contributed by atoms with E-state index in [1.54, 1.807) is 11.3 Å². The molecule has 4 heterocycles. The quantitative estimate of drug-likeness (QED) is 0.357. The van der Waals surface area contributed by atoms with Crippen LogP contribution in [0.3, 0.4) is 0 Å². The van der Waals surface area contributed by atoms with Crippen LogP contribution in [-0.2, 0) is 11.3 Å². The predicted octanol–water partition coefficient (Wildman–Crippen LogP) is 5.01. The highest BCUT2D eigenvalue weighted by atomic mass is 32.1. The Labute approximate surface area is 197 Å². The molecule has 172 valence electrons. The van der Waals surface area contributed by atoms with E-state index in [1.807, 2.05) is 32.2 Å². The van der Waals surface area contributed by atoms with Gasteiger partial charge >= 0.3 is 0 Å². The Hall–Kier alpha value is -2.78. The molecule has 1 unspecified atom stereocenters. The zero-order valence-corrected chi connectivity index (χ0v) is 19.8. The van der Waals surface area contributed by atoms with Crippen LogP contribution in [0.2, 0.25) is 0 Å². The van der Waals surface area contributed by atoms with E-state index in [0.717, 1.165) is 70.6 Å². The Morgan fingerprint density at radius 1 is 1.21 bits per heavy atom. The maximum Gasteiger partial charge on any atom is 0.229 e. The van der Waals surface area contributed by atoms with Crippen LogP contribution in [0.1, 0.15) is 35.5 Å². The van der Waals surface area contributed by atoms with Gasteiger partial charge in [-0.15, -0.1) is 11.3 Å². The van der Waals surface area contributed by atoms with Gasteiger partial charge in [0, 0.05) is 41.8 Å². The van der Waals surface area contributed by atoms with Crippen molar-refractivity contribution in [2.75, 3.05) is 31.6 Å². The van der Waals surface area contributed by atoms with Gasteiger partial charge in [-0.05, 0) is 48.7 Å². The number of nitrogens with zero attached hydrogens (tertiary/aromatic N) is 3. The van der Waals surface area contributed by atoms with Crippen LogP contribution < -0.4 is 5.32 Å². The van der Waals surface area contributed by atoms with Gasteiger partial charge in [0.15, 0.2) is 0 Å². The second kappa shape index (κ2) is 9.61. The van der Waals surface area contributed by atoms with Crippen LogP contribution >= 0.6 is 11.3 Å². The predicted molar refractivity (Wildman–Crippen MR) is 133 cm³/mol. The number of nitrogens with one attached hydrogen (secondary N) is 2. The minimum Gasteiger partial charge on any atom is -0.388 e. The van der Waals surface area contributed by atoms with E-state index in [4.69, 9.17) is 14.7 Å². The molecular weight excluding hydrogens is 434 g/mol. The third-order valence-electron chi connectivity index (χ3n) is 5.99. The van der Waals surface area contributed by atoms with Crippen LogP contribution in [-0.4, -0.2) is 51.3 Å². The van der Waals surface area contributed by atoms with Gasteiger partial charge in [0.2, 0.25) is 5.95 Å². The number of aryl methyl sites for hydroxylation is 1. The van der Waals surface area contributed by atoms with E-state index in [0.29, 0.717) is 12.4 Å². The van der Waals surface area contributed by atoms with Crippen molar-refractivity contribution < 1.29 is 9.84 Å². The molecular formula is C25H29N5O2S. The standard InChI is InChI=1S/C25H29N5O2S/c1-3-20(31)23-16(2)13-21(33-23)22-19-7-8-26-24(19)29-25(28-22)27-18-6-4-5-17(14-18)15-30-9-11-32-12-10-30/h4-8,13-14,20,31H,3,9-12,15H2,1-2H3,(H2,26,27,28,29). The molecule has 1 aliphatic rings. The molecule has 7 nitrogen and oxygen atoms in total. The number of aromatic amines is 1. The first kappa shape index (κ1) is 22.0. The van der Waals surface area contributed by atoms with Crippen molar-refractivity contribution in [1.82, 2.24) is 19.9 Å². The van der Waals surface area contributed by atoms with Gasteiger partial charge in [-0.3, -0.25) is 4.90 Å². The Morgan fingerprint density at radius 2 is 2.06 bits per heavy atom. The summed E-state index contributed by atoms with van der Waals surface area (Å²) in [4.78, 5) is 17.2. The normalized spacial score (nSPS) is 15.7. The van der Waals surface area contributed by atoms with Gasteiger partial charge in [-0.1, -0.05) is 19.1 Å². The summed E-state index contributed by atoms with van der Waals surface area (Å²) >= 11 is 1.60. The van der Waals surface area contributed by atoms with Gasteiger partial charge in [0.1, 0.15) is 5.65 Å². The van der Waals surface area contributed by atoms with E-state index in [2.05, 4.69) is 39.5 Å². The zero-order chi connectivity index (χ0) is 22.8. The monoisotopic (exact) mass is 463 g/mol. The lowest BCUT2D eigenvalue weighted by atomic mass is 10.1. The lowest BCUT2D eigenvalue weighted by Gasteiger charge is -2.26. The van der Waals surface area contributed by atoms with Crippen molar-refractivity contribution in [3.63, 3.8) is 0 Å². The van der Waals surface area contributed by atoms with Crippen LogP contribution in [0.15, 0.2) is 42.6 Å². The van der Waals surface area contributed by atoms with E-state index < -0.39 is 6.10 Å². The number of anilines is 2. The Balaban J connectivity index is 1.44. The summed E-state index contributed by atoms with van der Waals surface area (Å²) in [7, 11) is 0. The summed E-state index contributed by atoms with van der Waals surface area (Å²) in [5, 5.41) is 14.8. The van der Waals surface area contributed by atoms with Crippen LogP contribution in [0.4, 0.5) is 11.6 Å². The zero-order valence-electron chi connectivity index (χ0n) is 19.0. The number of aliphatic hydroxyl groups is 1. The second-order valence-electron chi connectivity index (χ2n) is 8.43. The molecule has 0 radical (unpaired) electrons. The second-order valence-corrected chi connectivity index (χ2v) is 9.52. The summed E-state index contributed by atoms with van der Waals surface area (Å²) in [6.45, 7) is 8.45. The number of fused-ring (bicyclic) bond motifs is 1. The van der Waals surface area contributed by atoms with Crippen molar-refractivity contribution in [3.05, 3.63) is 58.6 Å². The maximum absolute atomic E-state index is 10.4. The fourth-order valence-electron chi connectivity index (χ4n) is 4.21. The molecule has 5 rings (SSSR count). The number of H-pyrrole nitrogens is 1. The molecule has 1 aromatic carbocycles. The fourth-order valence-corrected chi connectivity index (χ4v) is 5.46. The summed E-state index contributed by atoms with van der Waals surface area (Å²) in [5.41, 5.74) is 4.96. The summed E-state index contributed by atoms with van der Waals surface area (Å²) in [5.74, 6) is 0.548. The van der Waals surface area contributed by atoms with E-state index in [9.17, 15) is 5.11 Å². The number of ether oxygens (including phenoxy) is 1. The largest absolute Gasteiger partial charge is 0.388 e. The van der Waals surface area contributed by atoms with Crippen LogP contribution in [0.25, 0.3) is 21.6 Å². The first-order chi connectivity index (χ1) is 16.1. The topological polar surface area (TPSA) is 86.3 Å². The van der Waals surface area contributed by atoms with E-state index in [-0.39, 0.29) is 0 Å². The first-order valence-corrected chi connectivity index (χ1v) is 12.2. The molecule has 0 bridgehead atoms. The minimum absolute atomic E-state index is 0.445. The molecule has 4 aromatic rings. The number of benzene rings is 1. The number of rotatable bonds is 7. The van der Waals surface area contributed by atoms with Gasteiger partial charge in [-0.25, -0.2) is 4.98 Å². The van der Waals surface area contributed by atoms with Crippen molar-refractivity contribution in [2.45, 2.75) is 32.9 Å². The number of hydrogen-bond acceptors (Lipinski definition) is 7. The lowest BCUT2D eigenvalue weighted by Crippen LogP contribution is -2.35. The minimum atomic E-state index is -0.445. The Kier molecular flexibility index (Phi) is 6.41. The van der Waals surface area contributed by atoms with Crippen molar-refractivity contribution >= 4 is 34.0 Å². The van der Waals surface area contributed by atoms with Crippen molar-refractivity contribution in [3.8, 4) is 10.6 Å². The summed E-state index contributed by atoms with van der Waals surface area (Å²) < 4.78 is 5.46. The van der Waals surface area contributed by atoms with Crippen LogP contribution in [0.5, 0.6) is 0 Å². The molecule has 1 fully saturated rings. The van der Waals surface area contributed by atoms with E-state index in [1.165, 1.54) is 5.56 Å². The summed E-state index contributed by atoms with van der Waals surface area (Å²) in [6.07, 6.45) is 2.13. The highest BCUT2D eigenvalue weighted by Crippen LogP contribution is 2.38. The van der Waals surface area contributed by atoms with Gasteiger partial charge < -0.3 is 20.1 Å². The van der Waals surface area contributed by atoms with Crippen molar-refractivity contribution in [1.29, 1.82) is 0 Å². The first-order valence-electron chi connectivity index (χ1n) is 11.4. The Bertz CT molecular complexity index is 1240. The lowest BCUT2D eigenvalue weighted by molar-refractivity contribution is 0.0342. The molecule has 1 aliphatic heterocycles. The molecule has 8 heteroatoms. The number of hydrogen-bond donors (Lipinski definition) is 3. The average molecular weight is 464 g/mol. The SMILES string of the molecule is CCC(O)c1sc(-c2nc(Nc3cccc(CN4CCOCC4)c3)nc3[nH]ccc23)cc1C. The molecule has 33 heavy (non-hydrogen) atoms. The summed E-state index contributed by atoms with van der Waals surface area (Å²) in [6, 6.07) is 12.5. The highest BCUT2D eigenvalue weighted by molar-refractivity contribution is 7.15. The number of morpholine rings is 1. The van der Waals surface area contributed by atoms with Crippen molar-refractivity contribution in [2.24, 2.45) is 0 Å². The Morgan fingerprint density at radius 3 is 2.88 bits per heavy atom. The highest BCUT2D eigenvalue weighted by Gasteiger charge is 2.18. The number of thiophene rings is 1. The average Bonchev–Trinajstić information content (AvgIpc) is 3.45. The molecule has 3 N–H and O–H groups in total. The molecule has 1 atom stereocenters. The molecule has 0 aliphatic carbocycles. The third kappa shape index (κ3) is 4.79. The smallest absolute Gasteiger partial charge is 0.229 e. The number of aromatic nitrogens is 3. The van der Waals surface area contributed by atoms with Gasteiger partial charge in [-0.2, -0.15) is 4.98 Å².